The van der Waals surface area contributed by atoms with Crippen LogP contribution in [0.3, 0.4) is 0 Å². The van der Waals surface area contributed by atoms with E-state index in [1.54, 1.807) is 37.4 Å². The predicted molar refractivity (Wildman–Crippen MR) is 137 cm³/mol. The number of Topliss-reactive ketones (excluding diaryl/α,β-unsaturated/α-hetero) is 1. The Morgan fingerprint density at radius 1 is 1.00 bits per heavy atom. The van der Waals surface area contributed by atoms with E-state index >= 15 is 0 Å². The number of nitrogens with one attached hydrogen (secondary N) is 1. The first-order valence-corrected chi connectivity index (χ1v) is 11.6. The molecule has 0 atom stereocenters. The summed E-state index contributed by atoms with van der Waals surface area (Å²) in [5.41, 5.74) is 3.83. The van der Waals surface area contributed by atoms with Crippen LogP contribution in [0.1, 0.15) is 52.1 Å². The van der Waals surface area contributed by atoms with E-state index in [1.807, 2.05) is 18.2 Å². The van der Waals surface area contributed by atoms with Crippen LogP contribution < -0.4 is 10.1 Å². The van der Waals surface area contributed by atoms with Gasteiger partial charge in [0.25, 0.3) is 5.91 Å². The standard InChI is InChI=1S/C27H24Cl2N2O3/c1-27(2)15-17-7-8-22(34-3)13-23(17)24(31-27)14-25(32)16-5-4-6-21(11-16)30-26(33)18-9-19(28)12-20(29)10-18/h4-13H,14-15H2,1-3H3,(H,30,33). The number of halogens is 2. The molecule has 0 radical (unpaired) electrons. The monoisotopic (exact) mass is 494 g/mol. The number of benzene rings is 3. The summed E-state index contributed by atoms with van der Waals surface area (Å²) < 4.78 is 5.38. The van der Waals surface area contributed by atoms with Crippen LogP contribution in [-0.4, -0.2) is 30.1 Å². The van der Waals surface area contributed by atoms with E-state index in [1.165, 1.54) is 12.1 Å². The van der Waals surface area contributed by atoms with Gasteiger partial charge >= 0.3 is 0 Å². The Labute approximate surface area is 208 Å². The van der Waals surface area contributed by atoms with Crippen molar-refractivity contribution in [2.75, 3.05) is 12.4 Å². The molecule has 3 aromatic carbocycles. The van der Waals surface area contributed by atoms with E-state index in [-0.39, 0.29) is 23.7 Å². The number of aliphatic imine (C=N–C) groups is 1. The van der Waals surface area contributed by atoms with Gasteiger partial charge in [0.05, 0.1) is 24.8 Å². The van der Waals surface area contributed by atoms with E-state index < -0.39 is 0 Å². The highest BCUT2D eigenvalue weighted by molar-refractivity contribution is 6.35. The lowest BCUT2D eigenvalue weighted by Crippen LogP contribution is -2.30. The van der Waals surface area contributed by atoms with Crippen molar-refractivity contribution in [1.82, 2.24) is 0 Å². The number of fused-ring (bicyclic) bond motifs is 1. The summed E-state index contributed by atoms with van der Waals surface area (Å²) in [6, 6.07) is 17.4. The third kappa shape index (κ3) is 5.49. The van der Waals surface area contributed by atoms with Crippen LogP contribution in [0.5, 0.6) is 5.75 Å². The van der Waals surface area contributed by atoms with Crippen molar-refractivity contribution in [1.29, 1.82) is 0 Å². The molecule has 0 bridgehead atoms. The second kappa shape index (κ2) is 9.61. The average molecular weight is 495 g/mol. The van der Waals surface area contributed by atoms with Gasteiger partial charge in [0.15, 0.2) is 5.78 Å². The van der Waals surface area contributed by atoms with Crippen molar-refractivity contribution >= 4 is 46.3 Å². The van der Waals surface area contributed by atoms with Crippen LogP contribution in [0.2, 0.25) is 10.0 Å². The fraction of sp³-hybridized carbons (Fsp3) is 0.222. The van der Waals surface area contributed by atoms with Crippen LogP contribution in [0, 0.1) is 0 Å². The highest BCUT2D eigenvalue weighted by Crippen LogP contribution is 2.31. The molecule has 0 saturated heterocycles. The van der Waals surface area contributed by atoms with Gasteiger partial charge in [-0.05, 0) is 68.3 Å². The predicted octanol–water partition coefficient (Wildman–Crippen LogP) is 6.65. The zero-order chi connectivity index (χ0) is 24.5. The van der Waals surface area contributed by atoms with Gasteiger partial charge in [0.2, 0.25) is 0 Å². The minimum atomic E-state index is -0.367. The second-order valence-corrected chi connectivity index (χ2v) is 9.74. The van der Waals surface area contributed by atoms with Crippen LogP contribution in [0.25, 0.3) is 0 Å². The zero-order valence-electron chi connectivity index (χ0n) is 19.1. The molecule has 1 heterocycles. The maximum atomic E-state index is 13.2. The van der Waals surface area contributed by atoms with Crippen LogP contribution in [0.4, 0.5) is 5.69 Å². The Morgan fingerprint density at radius 2 is 1.74 bits per heavy atom. The first-order valence-electron chi connectivity index (χ1n) is 10.8. The molecule has 0 aliphatic carbocycles. The zero-order valence-corrected chi connectivity index (χ0v) is 20.6. The van der Waals surface area contributed by atoms with Gasteiger partial charge in [-0.2, -0.15) is 0 Å². The SMILES string of the molecule is COc1ccc2c(c1)C(CC(=O)c1cccc(NC(=O)c3cc(Cl)cc(Cl)c3)c1)=NC(C)(C)C2. The van der Waals surface area contributed by atoms with Gasteiger partial charge in [0.1, 0.15) is 5.75 Å². The molecule has 1 N–H and O–H groups in total. The van der Waals surface area contributed by atoms with Crippen molar-refractivity contribution in [3.8, 4) is 5.75 Å². The Balaban J connectivity index is 1.56. The Bertz CT molecular complexity index is 1290. The molecule has 1 aliphatic rings. The smallest absolute Gasteiger partial charge is 0.255 e. The second-order valence-electron chi connectivity index (χ2n) is 8.86. The molecule has 3 aromatic rings. The topological polar surface area (TPSA) is 67.8 Å². The van der Waals surface area contributed by atoms with E-state index in [4.69, 9.17) is 32.9 Å². The maximum absolute atomic E-state index is 13.2. The number of ether oxygens (including phenoxy) is 1. The molecule has 1 amide bonds. The molecule has 0 fully saturated rings. The molecule has 0 aromatic heterocycles. The van der Waals surface area contributed by atoms with E-state index in [0.29, 0.717) is 26.9 Å². The molecule has 174 valence electrons. The fourth-order valence-corrected chi connectivity index (χ4v) is 4.61. The van der Waals surface area contributed by atoms with Crippen LogP contribution in [0.15, 0.2) is 65.7 Å². The Kier molecular flexibility index (Phi) is 6.78. The molecule has 34 heavy (non-hydrogen) atoms. The minimum absolute atomic E-state index is 0.0906. The number of ketones is 1. The molecule has 5 nitrogen and oxygen atoms in total. The number of hydrogen-bond acceptors (Lipinski definition) is 4. The molecule has 4 rings (SSSR count). The van der Waals surface area contributed by atoms with Crippen LogP contribution in [-0.2, 0) is 6.42 Å². The van der Waals surface area contributed by atoms with Crippen molar-refractivity contribution < 1.29 is 14.3 Å². The highest BCUT2D eigenvalue weighted by Gasteiger charge is 2.28. The lowest BCUT2D eigenvalue weighted by atomic mass is 9.85. The van der Waals surface area contributed by atoms with Crippen LogP contribution >= 0.6 is 23.2 Å². The summed E-state index contributed by atoms with van der Waals surface area (Å²) in [6.45, 7) is 4.12. The number of carbonyl (C=O) groups is 2. The normalized spacial score (nSPS) is 14.1. The molecule has 7 heteroatoms. The number of methoxy groups -OCH3 is 1. The summed E-state index contributed by atoms with van der Waals surface area (Å²) >= 11 is 12.0. The number of anilines is 1. The number of carbonyl (C=O) groups excluding carboxylic acids is 2. The molecular weight excluding hydrogens is 471 g/mol. The average Bonchev–Trinajstić information content (AvgIpc) is 2.77. The van der Waals surface area contributed by atoms with Gasteiger partial charge in [-0.25, -0.2) is 0 Å². The summed E-state index contributed by atoms with van der Waals surface area (Å²) in [4.78, 5) is 30.7. The van der Waals surface area contributed by atoms with Gasteiger partial charge in [-0.1, -0.05) is 41.4 Å². The third-order valence-electron chi connectivity index (χ3n) is 5.58. The van der Waals surface area contributed by atoms with Crippen molar-refractivity contribution in [3.05, 3.63) is 93.0 Å². The van der Waals surface area contributed by atoms with Crippen molar-refractivity contribution in [2.45, 2.75) is 32.2 Å². The first kappa shape index (κ1) is 24.0. The number of hydrogen-bond donors (Lipinski definition) is 1. The Hall–Kier alpha value is -3.15. The van der Waals surface area contributed by atoms with E-state index in [9.17, 15) is 9.59 Å². The molecular formula is C27H24Cl2N2O3. The van der Waals surface area contributed by atoms with E-state index in [2.05, 4.69) is 19.2 Å². The molecule has 0 saturated carbocycles. The van der Waals surface area contributed by atoms with E-state index in [0.717, 1.165) is 29.0 Å². The quantitative estimate of drug-likeness (QED) is 0.390. The van der Waals surface area contributed by atoms with Gasteiger partial charge in [-0.15, -0.1) is 0 Å². The lowest BCUT2D eigenvalue weighted by Gasteiger charge is -2.29. The largest absolute Gasteiger partial charge is 0.497 e. The Morgan fingerprint density at radius 3 is 2.44 bits per heavy atom. The summed E-state index contributed by atoms with van der Waals surface area (Å²) in [5, 5.41) is 3.54. The van der Waals surface area contributed by atoms with Gasteiger partial charge < -0.3 is 10.1 Å². The third-order valence-corrected chi connectivity index (χ3v) is 6.02. The molecule has 1 aliphatic heterocycles. The van der Waals surface area contributed by atoms with Crippen molar-refractivity contribution in [2.24, 2.45) is 4.99 Å². The minimum Gasteiger partial charge on any atom is -0.497 e. The summed E-state index contributed by atoms with van der Waals surface area (Å²) in [7, 11) is 1.62. The molecule has 0 spiro atoms. The number of amides is 1. The maximum Gasteiger partial charge on any atom is 0.255 e. The number of rotatable bonds is 6. The van der Waals surface area contributed by atoms with Gasteiger partial charge in [0, 0.05) is 32.4 Å². The molecule has 0 unspecified atom stereocenters. The number of nitrogens with zero attached hydrogens (tertiary/aromatic N) is 1. The highest BCUT2D eigenvalue weighted by atomic mass is 35.5. The summed E-state index contributed by atoms with van der Waals surface area (Å²) in [5.74, 6) is 0.268. The van der Waals surface area contributed by atoms with Gasteiger partial charge in [-0.3, -0.25) is 14.6 Å². The van der Waals surface area contributed by atoms with Crippen molar-refractivity contribution in [3.63, 3.8) is 0 Å². The first-order chi connectivity index (χ1) is 16.1. The fourth-order valence-electron chi connectivity index (χ4n) is 4.08. The lowest BCUT2D eigenvalue weighted by molar-refractivity contribution is 0.0996. The summed E-state index contributed by atoms with van der Waals surface area (Å²) in [6.07, 6.45) is 0.934.